The molecule has 0 saturated carbocycles. The second-order valence-electron chi connectivity index (χ2n) is 5.25. The maximum absolute atomic E-state index is 5.63. The Hall–Kier alpha value is -0.640. The summed E-state index contributed by atoms with van der Waals surface area (Å²) in [7, 11) is 0. The highest BCUT2D eigenvalue weighted by atomic mass is 16.5. The zero-order chi connectivity index (χ0) is 13.3. The van der Waals surface area contributed by atoms with Gasteiger partial charge in [-0.3, -0.25) is 4.90 Å². The van der Waals surface area contributed by atoms with Crippen molar-refractivity contribution in [1.82, 2.24) is 10.2 Å². The number of ether oxygens (including phenoxy) is 1. The second-order valence-corrected chi connectivity index (χ2v) is 5.25. The van der Waals surface area contributed by atoms with Crippen LogP contribution in [0.15, 0.2) is 25.3 Å². The molecule has 0 amide bonds. The first-order valence-corrected chi connectivity index (χ1v) is 6.99. The van der Waals surface area contributed by atoms with Gasteiger partial charge in [0.25, 0.3) is 0 Å². The van der Waals surface area contributed by atoms with Crippen molar-refractivity contribution in [3.8, 4) is 0 Å². The Morgan fingerprint density at radius 3 is 2.56 bits per heavy atom. The SMILES string of the molecule is C=CCN(CC=C)CC1(CNCCC)CCOC1. The first-order valence-electron chi connectivity index (χ1n) is 6.99. The maximum Gasteiger partial charge on any atom is 0.0547 e. The van der Waals surface area contributed by atoms with Gasteiger partial charge < -0.3 is 10.1 Å². The molecule has 1 atom stereocenters. The predicted molar refractivity (Wildman–Crippen MR) is 77.9 cm³/mol. The molecular weight excluding hydrogens is 224 g/mol. The molecular formula is C15H28N2O. The van der Waals surface area contributed by atoms with Crippen LogP contribution in [0.2, 0.25) is 0 Å². The van der Waals surface area contributed by atoms with Crippen LogP contribution in [0.4, 0.5) is 0 Å². The van der Waals surface area contributed by atoms with E-state index in [9.17, 15) is 0 Å². The average Bonchev–Trinajstić information content (AvgIpc) is 2.79. The third-order valence-corrected chi connectivity index (χ3v) is 3.45. The number of nitrogens with one attached hydrogen (secondary N) is 1. The van der Waals surface area contributed by atoms with Crippen molar-refractivity contribution in [2.24, 2.45) is 5.41 Å². The van der Waals surface area contributed by atoms with Crippen LogP contribution in [-0.2, 0) is 4.74 Å². The molecule has 104 valence electrons. The molecule has 1 rings (SSSR count). The molecule has 0 aliphatic carbocycles. The normalized spacial score (nSPS) is 23.4. The number of hydrogen-bond donors (Lipinski definition) is 1. The maximum atomic E-state index is 5.63. The van der Waals surface area contributed by atoms with Gasteiger partial charge in [-0.25, -0.2) is 0 Å². The molecule has 0 aromatic carbocycles. The van der Waals surface area contributed by atoms with Gasteiger partial charge in [-0.1, -0.05) is 19.1 Å². The van der Waals surface area contributed by atoms with Crippen molar-refractivity contribution >= 4 is 0 Å². The molecule has 0 aromatic rings. The van der Waals surface area contributed by atoms with E-state index < -0.39 is 0 Å². The lowest BCUT2D eigenvalue weighted by Crippen LogP contribution is -2.45. The van der Waals surface area contributed by atoms with Gasteiger partial charge in [0.05, 0.1) is 6.61 Å². The summed E-state index contributed by atoms with van der Waals surface area (Å²) in [6.45, 7) is 16.7. The molecule has 1 N–H and O–H groups in total. The van der Waals surface area contributed by atoms with E-state index in [1.54, 1.807) is 0 Å². The fourth-order valence-electron chi connectivity index (χ4n) is 2.54. The molecule has 1 aliphatic rings. The van der Waals surface area contributed by atoms with Crippen molar-refractivity contribution in [1.29, 1.82) is 0 Å². The van der Waals surface area contributed by atoms with Crippen LogP contribution < -0.4 is 5.32 Å². The summed E-state index contributed by atoms with van der Waals surface area (Å²) in [5.74, 6) is 0. The van der Waals surface area contributed by atoms with Crippen LogP contribution in [0.1, 0.15) is 19.8 Å². The molecule has 1 heterocycles. The largest absolute Gasteiger partial charge is 0.381 e. The minimum Gasteiger partial charge on any atom is -0.381 e. The van der Waals surface area contributed by atoms with Crippen molar-refractivity contribution in [3.05, 3.63) is 25.3 Å². The quantitative estimate of drug-likeness (QED) is 0.476. The third kappa shape index (κ3) is 4.92. The fourth-order valence-corrected chi connectivity index (χ4v) is 2.54. The summed E-state index contributed by atoms with van der Waals surface area (Å²) in [6, 6.07) is 0. The lowest BCUT2D eigenvalue weighted by Gasteiger charge is -2.33. The highest BCUT2D eigenvalue weighted by molar-refractivity contribution is 4.91. The summed E-state index contributed by atoms with van der Waals surface area (Å²) in [4.78, 5) is 2.39. The smallest absolute Gasteiger partial charge is 0.0547 e. The zero-order valence-corrected chi connectivity index (χ0v) is 11.8. The van der Waals surface area contributed by atoms with Crippen LogP contribution >= 0.6 is 0 Å². The van der Waals surface area contributed by atoms with Crippen molar-refractivity contribution in [3.63, 3.8) is 0 Å². The summed E-state index contributed by atoms with van der Waals surface area (Å²) < 4.78 is 5.63. The van der Waals surface area contributed by atoms with E-state index in [2.05, 4.69) is 30.3 Å². The standard InChI is InChI=1S/C15H28N2O/c1-4-8-16-12-15(7-11-18-14-15)13-17(9-5-2)10-6-3/h5-6,16H,2-4,7-14H2,1H3. The Morgan fingerprint density at radius 2 is 2.06 bits per heavy atom. The van der Waals surface area contributed by atoms with Crippen molar-refractivity contribution in [2.75, 3.05) is 45.9 Å². The second kappa shape index (κ2) is 8.46. The van der Waals surface area contributed by atoms with Gasteiger partial charge >= 0.3 is 0 Å². The van der Waals surface area contributed by atoms with Crippen LogP contribution in [0.3, 0.4) is 0 Å². The Kier molecular flexibility index (Phi) is 7.25. The van der Waals surface area contributed by atoms with Crippen molar-refractivity contribution < 1.29 is 4.74 Å². The number of nitrogens with zero attached hydrogens (tertiary/aromatic N) is 1. The molecule has 3 heteroatoms. The topological polar surface area (TPSA) is 24.5 Å². The van der Waals surface area contributed by atoms with Gasteiger partial charge in [-0.15, -0.1) is 13.2 Å². The number of rotatable bonds is 10. The summed E-state index contributed by atoms with van der Waals surface area (Å²) in [6.07, 6.45) is 6.26. The molecule has 1 fully saturated rings. The molecule has 0 aromatic heterocycles. The lowest BCUT2D eigenvalue weighted by atomic mass is 9.86. The summed E-state index contributed by atoms with van der Waals surface area (Å²) >= 11 is 0. The van der Waals surface area contributed by atoms with Gasteiger partial charge in [-0.05, 0) is 19.4 Å². The fraction of sp³-hybridized carbons (Fsp3) is 0.733. The minimum absolute atomic E-state index is 0.265. The highest BCUT2D eigenvalue weighted by Crippen LogP contribution is 2.29. The van der Waals surface area contributed by atoms with E-state index >= 15 is 0 Å². The van der Waals surface area contributed by atoms with Crippen LogP contribution in [0.25, 0.3) is 0 Å². The Morgan fingerprint density at radius 1 is 1.33 bits per heavy atom. The van der Waals surface area contributed by atoms with Gasteiger partial charge in [-0.2, -0.15) is 0 Å². The summed E-state index contributed by atoms with van der Waals surface area (Å²) in [5, 5.41) is 3.55. The van der Waals surface area contributed by atoms with Crippen LogP contribution in [0, 0.1) is 5.41 Å². The van der Waals surface area contributed by atoms with Gasteiger partial charge in [0, 0.05) is 38.2 Å². The van der Waals surface area contributed by atoms with E-state index in [4.69, 9.17) is 4.74 Å². The first kappa shape index (κ1) is 15.4. The molecule has 18 heavy (non-hydrogen) atoms. The van der Waals surface area contributed by atoms with Crippen LogP contribution in [-0.4, -0.2) is 50.8 Å². The first-order chi connectivity index (χ1) is 8.76. The molecule has 0 radical (unpaired) electrons. The van der Waals surface area contributed by atoms with E-state index in [1.165, 1.54) is 6.42 Å². The van der Waals surface area contributed by atoms with E-state index in [-0.39, 0.29) is 5.41 Å². The summed E-state index contributed by atoms with van der Waals surface area (Å²) in [5.41, 5.74) is 0.265. The molecule has 1 unspecified atom stereocenters. The molecule has 3 nitrogen and oxygen atoms in total. The molecule has 0 bridgehead atoms. The molecule has 1 aliphatic heterocycles. The van der Waals surface area contributed by atoms with E-state index in [0.717, 1.165) is 52.4 Å². The highest BCUT2D eigenvalue weighted by Gasteiger charge is 2.35. The van der Waals surface area contributed by atoms with Gasteiger partial charge in [0.15, 0.2) is 0 Å². The number of hydrogen-bond acceptors (Lipinski definition) is 3. The van der Waals surface area contributed by atoms with E-state index in [1.807, 2.05) is 12.2 Å². The Labute approximate surface area is 112 Å². The average molecular weight is 252 g/mol. The predicted octanol–water partition coefficient (Wildman–Crippen LogP) is 2.07. The van der Waals surface area contributed by atoms with E-state index in [0.29, 0.717) is 0 Å². The minimum atomic E-state index is 0.265. The lowest BCUT2D eigenvalue weighted by molar-refractivity contribution is 0.118. The Bertz CT molecular complexity index is 237. The monoisotopic (exact) mass is 252 g/mol. The molecule has 0 spiro atoms. The third-order valence-electron chi connectivity index (χ3n) is 3.45. The van der Waals surface area contributed by atoms with Gasteiger partial charge in [0.1, 0.15) is 0 Å². The van der Waals surface area contributed by atoms with Crippen LogP contribution in [0.5, 0.6) is 0 Å². The van der Waals surface area contributed by atoms with Crippen molar-refractivity contribution in [2.45, 2.75) is 19.8 Å². The zero-order valence-electron chi connectivity index (χ0n) is 11.8. The Balaban J connectivity index is 2.53. The molecule has 1 saturated heterocycles. The van der Waals surface area contributed by atoms with Gasteiger partial charge in [0.2, 0.25) is 0 Å².